The standard InChI is InChI=1S/C9H8ClN3O4S/c10-4-1-2-6(18(11,16)17)5(3-4)7-8(14)13-9(15)12-7/h1-3,7H,(H2,11,16,17)(H2,12,13,14,15). The molecule has 0 spiro atoms. The fourth-order valence-electron chi connectivity index (χ4n) is 1.64. The van der Waals surface area contributed by atoms with Gasteiger partial charge in [0.05, 0.1) is 4.90 Å². The zero-order valence-corrected chi connectivity index (χ0v) is 10.4. The summed E-state index contributed by atoms with van der Waals surface area (Å²) in [5.41, 5.74) is 0.0355. The number of carbonyl (C=O) groups excluding carboxylic acids is 2. The number of carbonyl (C=O) groups is 2. The summed E-state index contributed by atoms with van der Waals surface area (Å²) in [5, 5.41) is 9.55. The quantitative estimate of drug-likeness (QED) is 0.657. The van der Waals surface area contributed by atoms with Gasteiger partial charge in [-0.25, -0.2) is 18.4 Å². The fourth-order valence-corrected chi connectivity index (χ4v) is 2.58. The molecule has 0 bridgehead atoms. The van der Waals surface area contributed by atoms with Crippen molar-refractivity contribution in [1.29, 1.82) is 0 Å². The molecule has 1 aromatic carbocycles. The van der Waals surface area contributed by atoms with Gasteiger partial charge >= 0.3 is 6.03 Å². The average molecular weight is 290 g/mol. The molecule has 0 aliphatic carbocycles. The van der Waals surface area contributed by atoms with Crippen LogP contribution in [-0.2, 0) is 14.8 Å². The van der Waals surface area contributed by atoms with Crippen molar-refractivity contribution in [3.63, 3.8) is 0 Å². The van der Waals surface area contributed by atoms with Crippen molar-refractivity contribution >= 4 is 33.6 Å². The molecule has 4 N–H and O–H groups in total. The Kier molecular flexibility index (Phi) is 3.01. The average Bonchev–Trinajstić information content (AvgIpc) is 2.55. The Morgan fingerprint density at radius 1 is 1.28 bits per heavy atom. The smallest absolute Gasteiger partial charge is 0.322 e. The van der Waals surface area contributed by atoms with Crippen LogP contribution in [0, 0.1) is 0 Å². The second-order valence-electron chi connectivity index (χ2n) is 3.62. The molecule has 1 unspecified atom stereocenters. The lowest BCUT2D eigenvalue weighted by molar-refractivity contribution is -0.120. The molecule has 1 fully saturated rings. The van der Waals surface area contributed by atoms with Crippen LogP contribution in [0.25, 0.3) is 0 Å². The maximum Gasteiger partial charge on any atom is 0.322 e. The van der Waals surface area contributed by atoms with Gasteiger partial charge in [-0.15, -0.1) is 0 Å². The number of urea groups is 1. The van der Waals surface area contributed by atoms with Crippen molar-refractivity contribution in [3.05, 3.63) is 28.8 Å². The van der Waals surface area contributed by atoms with Gasteiger partial charge in [0.15, 0.2) is 0 Å². The van der Waals surface area contributed by atoms with E-state index in [-0.39, 0.29) is 15.5 Å². The van der Waals surface area contributed by atoms with E-state index in [0.717, 1.165) is 0 Å². The van der Waals surface area contributed by atoms with E-state index in [1.807, 2.05) is 5.32 Å². The summed E-state index contributed by atoms with van der Waals surface area (Å²) in [7, 11) is -4.02. The molecule has 1 aliphatic rings. The van der Waals surface area contributed by atoms with E-state index in [1.54, 1.807) is 0 Å². The van der Waals surface area contributed by atoms with E-state index in [4.69, 9.17) is 16.7 Å². The third-order valence-corrected chi connectivity index (χ3v) is 3.58. The number of amides is 3. The number of halogens is 1. The Morgan fingerprint density at radius 2 is 1.94 bits per heavy atom. The minimum Gasteiger partial charge on any atom is -0.322 e. The maximum atomic E-state index is 11.5. The molecule has 3 amide bonds. The third kappa shape index (κ3) is 2.30. The summed E-state index contributed by atoms with van der Waals surface area (Å²) in [6, 6.07) is 1.97. The van der Waals surface area contributed by atoms with Crippen molar-refractivity contribution in [2.24, 2.45) is 5.14 Å². The topological polar surface area (TPSA) is 118 Å². The zero-order valence-electron chi connectivity index (χ0n) is 8.81. The molecule has 18 heavy (non-hydrogen) atoms. The van der Waals surface area contributed by atoms with Crippen LogP contribution in [-0.4, -0.2) is 20.4 Å². The van der Waals surface area contributed by atoms with Gasteiger partial charge in [-0.05, 0) is 18.2 Å². The highest BCUT2D eigenvalue weighted by atomic mass is 35.5. The Hall–Kier alpha value is -1.64. The first-order chi connectivity index (χ1) is 8.29. The molecule has 96 valence electrons. The predicted octanol–water partition coefficient (Wildman–Crippen LogP) is -0.132. The highest BCUT2D eigenvalue weighted by molar-refractivity contribution is 7.89. The molecular weight excluding hydrogens is 282 g/mol. The van der Waals surface area contributed by atoms with E-state index in [9.17, 15) is 18.0 Å². The second-order valence-corrected chi connectivity index (χ2v) is 5.59. The van der Waals surface area contributed by atoms with Crippen LogP contribution in [0.1, 0.15) is 11.6 Å². The van der Waals surface area contributed by atoms with Gasteiger partial charge in [-0.2, -0.15) is 0 Å². The maximum absolute atomic E-state index is 11.5. The number of rotatable bonds is 2. The van der Waals surface area contributed by atoms with Crippen molar-refractivity contribution in [1.82, 2.24) is 10.6 Å². The van der Waals surface area contributed by atoms with Crippen LogP contribution >= 0.6 is 11.6 Å². The van der Waals surface area contributed by atoms with Gasteiger partial charge < -0.3 is 5.32 Å². The van der Waals surface area contributed by atoms with E-state index in [0.29, 0.717) is 0 Å². The van der Waals surface area contributed by atoms with Crippen molar-refractivity contribution in [3.8, 4) is 0 Å². The van der Waals surface area contributed by atoms with E-state index >= 15 is 0 Å². The molecule has 0 saturated carbocycles. The molecular formula is C9H8ClN3O4S. The summed E-state index contributed by atoms with van der Waals surface area (Å²) in [5.74, 6) is -0.660. The van der Waals surface area contributed by atoms with Gasteiger partial charge in [0.2, 0.25) is 10.0 Å². The molecule has 0 radical (unpaired) electrons. The monoisotopic (exact) mass is 289 g/mol. The van der Waals surface area contributed by atoms with Gasteiger partial charge in [-0.1, -0.05) is 11.6 Å². The Balaban J connectivity index is 2.59. The van der Waals surface area contributed by atoms with Gasteiger partial charge in [-0.3, -0.25) is 10.1 Å². The minimum absolute atomic E-state index is 0.0355. The fraction of sp³-hybridized carbons (Fsp3) is 0.111. The summed E-state index contributed by atoms with van der Waals surface area (Å²) in [6.45, 7) is 0. The highest BCUT2D eigenvalue weighted by Gasteiger charge is 2.34. The van der Waals surface area contributed by atoms with E-state index in [2.05, 4.69) is 5.32 Å². The largest absolute Gasteiger partial charge is 0.322 e. The lowest BCUT2D eigenvalue weighted by Gasteiger charge is -2.12. The van der Waals surface area contributed by atoms with Crippen molar-refractivity contribution in [2.75, 3.05) is 0 Å². The normalized spacial score (nSPS) is 19.6. The number of sulfonamides is 1. The summed E-state index contributed by atoms with van der Waals surface area (Å²) < 4.78 is 22.8. The number of hydrogen-bond acceptors (Lipinski definition) is 4. The molecule has 0 aromatic heterocycles. The van der Waals surface area contributed by atoms with Crippen LogP contribution in [0.15, 0.2) is 23.1 Å². The molecule has 1 aromatic rings. The number of imide groups is 1. The molecule has 1 aliphatic heterocycles. The Labute approximate surface area is 107 Å². The van der Waals surface area contributed by atoms with Gasteiger partial charge in [0, 0.05) is 10.6 Å². The minimum atomic E-state index is -4.02. The third-order valence-electron chi connectivity index (χ3n) is 2.36. The second kappa shape index (κ2) is 4.23. The number of nitrogens with two attached hydrogens (primary N) is 1. The number of nitrogens with one attached hydrogen (secondary N) is 2. The molecule has 9 heteroatoms. The first kappa shape index (κ1) is 12.8. The van der Waals surface area contributed by atoms with Crippen LogP contribution in [0.2, 0.25) is 5.02 Å². The Morgan fingerprint density at radius 3 is 2.44 bits per heavy atom. The van der Waals surface area contributed by atoms with Crippen LogP contribution in [0.4, 0.5) is 4.79 Å². The summed E-state index contributed by atoms with van der Waals surface area (Å²) in [4.78, 5) is 22.3. The van der Waals surface area contributed by atoms with Crippen LogP contribution < -0.4 is 15.8 Å². The first-order valence-electron chi connectivity index (χ1n) is 4.72. The molecule has 1 atom stereocenters. The highest BCUT2D eigenvalue weighted by Crippen LogP contribution is 2.27. The number of primary sulfonamides is 1. The van der Waals surface area contributed by atoms with Crippen LogP contribution in [0.3, 0.4) is 0 Å². The lowest BCUT2D eigenvalue weighted by atomic mass is 10.1. The summed E-state index contributed by atoms with van der Waals surface area (Å²) in [6.07, 6.45) is 0. The molecule has 2 rings (SSSR count). The molecule has 7 nitrogen and oxygen atoms in total. The van der Waals surface area contributed by atoms with Crippen molar-refractivity contribution in [2.45, 2.75) is 10.9 Å². The molecule has 1 heterocycles. The number of benzene rings is 1. The summed E-state index contributed by atoms with van der Waals surface area (Å²) >= 11 is 5.75. The number of hydrogen-bond donors (Lipinski definition) is 3. The lowest BCUT2D eigenvalue weighted by Crippen LogP contribution is -2.24. The van der Waals surface area contributed by atoms with Crippen molar-refractivity contribution < 1.29 is 18.0 Å². The van der Waals surface area contributed by atoms with Crippen LogP contribution in [0.5, 0.6) is 0 Å². The first-order valence-corrected chi connectivity index (χ1v) is 6.65. The zero-order chi connectivity index (χ0) is 13.5. The van der Waals surface area contributed by atoms with Gasteiger partial charge in [0.25, 0.3) is 5.91 Å². The Bertz CT molecular complexity index is 643. The predicted molar refractivity (Wildman–Crippen MR) is 62.2 cm³/mol. The van der Waals surface area contributed by atoms with Gasteiger partial charge in [0.1, 0.15) is 6.04 Å². The SMILES string of the molecule is NS(=O)(=O)c1ccc(Cl)cc1C1NC(=O)NC1=O. The van der Waals surface area contributed by atoms with E-state index < -0.39 is 28.0 Å². The van der Waals surface area contributed by atoms with E-state index in [1.165, 1.54) is 18.2 Å². The molecule has 1 saturated heterocycles.